The third-order valence-electron chi connectivity index (χ3n) is 4.92. The molecule has 2 atom stereocenters. The van der Waals surface area contributed by atoms with Gasteiger partial charge >= 0.3 is 0 Å². The van der Waals surface area contributed by atoms with Crippen LogP contribution < -0.4 is 10.1 Å². The quantitative estimate of drug-likeness (QED) is 0.328. The van der Waals surface area contributed by atoms with E-state index in [-0.39, 0.29) is 30.1 Å². The average Bonchev–Trinajstić information content (AvgIpc) is 3.10. The van der Waals surface area contributed by atoms with Gasteiger partial charge in [-0.3, -0.25) is 4.99 Å². The van der Waals surface area contributed by atoms with Gasteiger partial charge in [0.15, 0.2) is 5.96 Å². The van der Waals surface area contributed by atoms with Gasteiger partial charge in [-0.25, -0.2) is 0 Å². The first kappa shape index (κ1) is 24.3. The van der Waals surface area contributed by atoms with E-state index in [4.69, 9.17) is 16.3 Å². The first-order chi connectivity index (χ1) is 12.6. The van der Waals surface area contributed by atoms with Crippen molar-refractivity contribution in [1.82, 2.24) is 15.1 Å². The molecule has 0 spiro atoms. The van der Waals surface area contributed by atoms with Gasteiger partial charge in [-0.05, 0) is 44.5 Å². The van der Waals surface area contributed by atoms with E-state index in [1.807, 2.05) is 38.2 Å². The highest BCUT2D eigenvalue weighted by Crippen LogP contribution is 2.24. The molecule has 1 fully saturated rings. The van der Waals surface area contributed by atoms with Crippen molar-refractivity contribution in [2.75, 3.05) is 46.3 Å². The molecule has 2 rings (SSSR count). The van der Waals surface area contributed by atoms with Crippen molar-refractivity contribution in [3.63, 3.8) is 0 Å². The normalized spacial score (nSPS) is 18.4. The molecule has 1 aliphatic heterocycles. The van der Waals surface area contributed by atoms with Gasteiger partial charge in [0.05, 0.1) is 11.6 Å². The second kappa shape index (κ2) is 12.7. The summed E-state index contributed by atoms with van der Waals surface area (Å²) in [5.74, 6) is 2.39. The molecule has 2 unspecified atom stereocenters. The number of rotatable bonds is 8. The van der Waals surface area contributed by atoms with Crippen molar-refractivity contribution in [2.24, 2.45) is 10.9 Å². The van der Waals surface area contributed by atoms with Crippen molar-refractivity contribution in [3.8, 4) is 5.75 Å². The lowest BCUT2D eigenvalue weighted by Crippen LogP contribution is -2.44. The molecule has 1 N–H and O–H groups in total. The lowest BCUT2D eigenvalue weighted by atomic mass is 10.1. The minimum atomic E-state index is 0. The van der Waals surface area contributed by atoms with E-state index in [2.05, 4.69) is 34.0 Å². The fourth-order valence-electron chi connectivity index (χ4n) is 3.39. The Morgan fingerprint density at radius 3 is 2.70 bits per heavy atom. The van der Waals surface area contributed by atoms with E-state index in [1.165, 1.54) is 13.0 Å². The maximum absolute atomic E-state index is 6.16. The number of benzene rings is 1. The molecule has 0 aromatic heterocycles. The van der Waals surface area contributed by atoms with Crippen molar-refractivity contribution >= 4 is 41.5 Å². The third kappa shape index (κ3) is 7.66. The van der Waals surface area contributed by atoms with E-state index in [9.17, 15) is 0 Å². The van der Waals surface area contributed by atoms with Gasteiger partial charge in [0.25, 0.3) is 0 Å². The highest BCUT2D eigenvalue weighted by atomic mass is 127. The molecule has 0 amide bonds. The zero-order valence-electron chi connectivity index (χ0n) is 16.9. The summed E-state index contributed by atoms with van der Waals surface area (Å²) in [6, 6.07) is 7.57. The number of para-hydroxylation sites is 1. The van der Waals surface area contributed by atoms with Gasteiger partial charge in [0.1, 0.15) is 11.9 Å². The van der Waals surface area contributed by atoms with Crippen LogP contribution in [0.1, 0.15) is 27.2 Å². The van der Waals surface area contributed by atoms with Crippen molar-refractivity contribution < 1.29 is 4.74 Å². The maximum atomic E-state index is 6.16. The Kier molecular flexibility index (Phi) is 11.4. The van der Waals surface area contributed by atoms with Gasteiger partial charge in [-0.1, -0.05) is 37.6 Å². The molecule has 0 bridgehead atoms. The molecule has 1 aromatic carbocycles. The molecule has 7 heteroatoms. The fraction of sp³-hybridized carbons (Fsp3) is 0.650. The SMILES string of the molecule is CCN(CC)CC1CCN(C(=NC)NCC(C)Oc2ccccc2Cl)C1.I. The number of nitrogens with one attached hydrogen (secondary N) is 1. The predicted octanol–water partition coefficient (Wildman–Crippen LogP) is 3.96. The Bertz CT molecular complexity index is 583. The van der Waals surface area contributed by atoms with E-state index in [0.29, 0.717) is 17.5 Å². The van der Waals surface area contributed by atoms with E-state index >= 15 is 0 Å². The summed E-state index contributed by atoms with van der Waals surface area (Å²) in [6.07, 6.45) is 1.23. The monoisotopic (exact) mass is 508 g/mol. The van der Waals surface area contributed by atoms with Crippen molar-refractivity contribution in [1.29, 1.82) is 0 Å². The number of hydrogen-bond donors (Lipinski definition) is 1. The molecule has 1 aromatic rings. The van der Waals surface area contributed by atoms with E-state index < -0.39 is 0 Å². The summed E-state index contributed by atoms with van der Waals surface area (Å²) in [5, 5.41) is 4.09. The van der Waals surface area contributed by atoms with Crippen LogP contribution in [0.2, 0.25) is 5.02 Å². The smallest absolute Gasteiger partial charge is 0.193 e. The molecule has 5 nitrogen and oxygen atoms in total. The second-order valence-corrected chi connectivity index (χ2v) is 7.28. The number of aliphatic imine (C=N–C) groups is 1. The minimum Gasteiger partial charge on any atom is -0.487 e. The molecule has 0 aliphatic carbocycles. The Balaban J connectivity index is 0.00000364. The summed E-state index contributed by atoms with van der Waals surface area (Å²) >= 11 is 6.16. The minimum absolute atomic E-state index is 0. The van der Waals surface area contributed by atoms with Crippen LogP contribution in [0.25, 0.3) is 0 Å². The number of halogens is 2. The van der Waals surface area contributed by atoms with E-state index in [1.54, 1.807) is 0 Å². The van der Waals surface area contributed by atoms with Gasteiger partial charge in [0, 0.05) is 26.7 Å². The van der Waals surface area contributed by atoms with Gasteiger partial charge in [-0.2, -0.15) is 0 Å². The number of guanidine groups is 1. The molecular weight excluding hydrogens is 475 g/mol. The van der Waals surface area contributed by atoms with Crippen LogP contribution in [-0.4, -0.2) is 68.2 Å². The Morgan fingerprint density at radius 2 is 2.07 bits per heavy atom. The Morgan fingerprint density at radius 1 is 1.37 bits per heavy atom. The largest absolute Gasteiger partial charge is 0.487 e. The summed E-state index contributed by atoms with van der Waals surface area (Å²) in [5.41, 5.74) is 0. The first-order valence-corrected chi connectivity index (χ1v) is 10.0. The summed E-state index contributed by atoms with van der Waals surface area (Å²) in [4.78, 5) is 9.32. The zero-order valence-corrected chi connectivity index (χ0v) is 20.0. The highest BCUT2D eigenvalue weighted by molar-refractivity contribution is 14.0. The molecule has 0 saturated carbocycles. The average molecular weight is 509 g/mol. The standard InChI is InChI=1S/C20H33ClN4O.HI/c1-5-24(6-2)14-17-11-12-25(15-17)20(22-4)23-13-16(3)26-19-10-8-7-9-18(19)21;/h7-10,16-17H,5-6,11-15H2,1-4H3,(H,22,23);1H. The van der Waals surface area contributed by atoms with Gasteiger partial charge in [0.2, 0.25) is 0 Å². The molecule has 27 heavy (non-hydrogen) atoms. The third-order valence-corrected chi connectivity index (χ3v) is 5.23. The summed E-state index contributed by atoms with van der Waals surface area (Å²) in [7, 11) is 1.85. The number of hydrogen-bond acceptors (Lipinski definition) is 3. The van der Waals surface area contributed by atoms with Gasteiger partial charge < -0.3 is 19.9 Å². The van der Waals surface area contributed by atoms with Crippen LogP contribution in [0.4, 0.5) is 0 Å². The van der Waals surface area contributed by atoms with E-state index in [0.717, 1.165) is 37.9 Å². The first-order valence-electron chi connectivity index (χ1n) is 9.66. The molecular formula is C20H34ClIN4O. The lowest BCUT2D eigenvalue weighted by Gasteiger charge is -2.25. The number of likely N-dealkylation sites (tertiary alicyclic amines) is 1. The van der Waals surface area contributed by atoms with Crippen molar-refractivity contribution in [2.45, 2.75) is 33.3 Å². The van der Waals surface area contributed by atoms with Crippen LogP contribution in [0.3, 0.4) is 0 Å². The van der Waals surface area contributed by atoms with Crippen LogP contribution in [0.5, 0.6) is 5.75 Å². The van der Waals surface area contributed by atoms with Crippen LogP contribution in [0, 0.1) is 5.92 Å². The molecule has 154 valence electrons. The number of ether oxygens (including phenoxy) is 1. The summed E-state index contributed by atoms with van der Waals surface area (Å²) < 4.78 is 5.93. The second-order valence-electron chi connectivity index (χ2n) is 6.87. The topological polar surface area (TPSA) is 40.1 Å². The van der Waals surface area contributed by atoms with Crippen LogP contribution in [-0.2, 0) is 0 Å². The predicted molar refractivity (Wildman–Crippen MR) is 126 cm³/mol. The van der Waals surface area contributed by atoms with Crippen LogP contribution in [0.15, 0.2) is 29.3 Å². The van der Waals surface area contributed by atoms with Crippen LogP contribution >= 0.6 is 35.6 Å². The maximum Gasteiger partial charge on any atom is 0.193 e. The molecule has 0 radical (unpaired) electrons. The number of nitrogens with zero attached hydrogens (tertiary/aromatic N) is 3. The summed E-state index contributed by atoms with van der Waals surface area (Å²) in [6.45, 7) is 12.7. The molecule has 1 heterocycles. The molecule has 1 aliphatic rings. The van der Waals surface area contributed by atoms with Crippen molar-refractivity contribution in [3.05, 3.63) is 29.3 Å². The fourth-order valence-corrected chi connectivity index (χ4v) is 3.57. The Hall–Kier alpha value is -0.730. The molecule has 1 saturated heterocycles. The highest BCUT2D eigenvalue weighted by Gasteiger charge is 2.26. The zero-order chi connectivity index (χ0) is 18.9. The van der Waals surface area contributed by atoms with Gasteiger partial charge in [-0.15, -0.1) is 24.0 Å². The Labute approximate surface area is 186 Å². The lowest BCUT2D eigenvalue weighted by molar-refractivity contribution is 0.222.